The van der Waals surface area contributed by atoms with Crippen molar-refractivity contribution in [2.24, 2.45) is 0 Å². The molecule has 1 fully saturated rings. The van der Waals surface area contributed by atoms with Crippen molar-refractivity contribution < 1.29 is 8.42 Å². The third-order valence-corrected chi connectivity index (χ3v) is 5.25. The fraction of sp³-hybridized carbons (Fsp3) is 0.375. The highest BCUT2D eigenvalue weighted by molar-refractivity contribution is 7.92. The molecule has 24 heavy (non-hydrogen) atoms. The largest absolute Gasteiger partial charge is 0.361 e. The van der Waals surface area contributed by atoms with Crippen LogP contribution in [0.2, 0.25) is 0 Å². The molecule has 0 spiro atoms. The van der Waals surface area contributed by atoms with Crippen LogP contribution in [0.3, 0.4) is 0 Å². The molecule has 2 aromatic rings. The molecule has 1 aliphatic heterocycles. The summed E-state index contributed by atoms with van der Waals surface area (Å²) in [5, 5.41) is 0. The summed E-state index contributed by atoms with van der Waals surface area (Å²) in [4.78, 5) is 13.0. The summed E-state index contributed by atoms with van der Waals surface area (Å²) in [7, 11) is -0.0120. The van der Waals surface area contributed by atoms with Gasteiger partial charge in [-0.2, -0.15) is 4.98 Å². The van der Waals surface area contributed by atoms with Crippen LogP contribution in [0, 0.1) is 0 Å². The molecule has 3 rings (SSSR count). The molecule has 0 unspecified atom stereocenters. The topological polar surface area (TPSA) is 78.4 Å². The van der Waals surface area contributed by atoms with E-state index in [1.807, 2.05) is 14.1 Å². The maximum atomic E-state index is 12.5. The standard InChI is InChI=1S/C16H21N5O2S/c1-20(2)15-14(12-17-16(18-15)21-10-6-7-11-21)19-24(22,23)13-8-4-3-5-9-13/h3-5,8-9,12,19H,6-7,10-11H2,1-2H3. The Hall–Kier alpha value is -2.35. The molecule has 0 bridgehead atoms. The highest BCUT2D eigenvalue weighted by Gasteiger charge is 2.21. The van der Waals surface area contributed by atoms with Crippen molar-refractivity contribution in [3.8, 4) is 0 Å². The quantitative estimate of drug-likeness (QED) is 0.891. The first kappa shape index (κ1) is 16.5. The molecule has 0 amide bonds. The fourth-order valence-corrected chi connectivity index (χ4v) is 3.72. The van der Waals surface area contributed by atoms with Gasteiger partial charge in [-0.05, 0) is 25.0 Å². The predicted molar refractivity (Wildman–Crippen MR) is 95.1 cm³/mol. The van der Waals surface area contributed by atoms with Crippen molar-refractivity contribution >= 4 is 27.5 Å². The zero-order valence-electron chi connectivity index (χ0n) is 13.8. The molecule has 8 heteroatoms. The van der Waals surface area contributed by atoms with Crippen molar-refractivity contribution in [2.45, 2.75) is 17.7 Å². The lowest BCUT2D eigenvalue weighted by Gasteiger charge is -2.21. The minimum absolute atomic E-state index is 0.207. The number of nitrogens with zero attached hydrogens (tertiary/aromatic N) is 4. The Labute approximate surface area is 142 Å². The van der Waals surface area contributed by atoms with Gasteiger partial charge in [-0.15, -0.1) is 0 Å². The fourth-order valence-electron chi connectivity index (χ4n) is 2.65. The molecule has 1 N–H and O–H groups in total. The molecule has 1 saturated heterocycles. The van der Waals surface area contributed by atoms with Crippen LogP contribution in [0.15, 0.2) is 41.4 Å². The van der Waals surface area contributed by atoms with Gasteiger partial charge in [0.05, 0.1) is 11.1 Å². The van der Waals surface area contributed by atoms with Gasteiger partial charge in [0.25, 0.3) is 10.0 Å². The van der Waals surface area contributed by atoms with E-state index in [0.29, 0.717) is 17.5 Å². The van der Waals surface area contributed by atoms with Gasteiger partial charge in [0.15, 0.2) is 5.82 Å². The van der Waals surface area contributed by atoms with Crippen molar-refractivity contribution in [2.75, 3.05) is 41.7 Å². The molecule has 0 aliphatic carbocycles. The van der Waals surface area contributed by atoms with Crippen molar-refractivity contribution in [1.82, 2.24) is 9.97 Å². The average molecular weight is 347 g/mol. The van der Waals surface area contributed by atoms with E-state index in [4.69, 9.17) is 0 Å². The van der Waals surface area contributed by atoms with Gasteiger partial charge < -0.3 is 9.80 Å². The summed E-state index contributed by atoms with van der Waals surface area (Å²) in [5.41, 5.74) is 0.367. The van der Waals surface area contributed by atoms with Crippen LogP contribution in [0.5, 0.6) is 0 Å². The minimum Gasteiger partial charge on any atom is -0.361 e. The first-order valence-corrected chi connectivity index (χ1v) is 9.33. The second-order valence-corrected chi connectivity index (χ2v) is 7.60. The molecular weight excluding hydrogens is 326 g/mol. The van der Waals surface area contributed by atoms with Gasteiger partial charge in [0, 0.05) is 27.2 Å². The monoisotopic (exact) mass is 347 g/mol. The number of hydrogen-bond acceptors (Lipinski definition) is 6. The lowest BCUT2D eigenvalue weighted by atomic mass is 10.4. The Balaban J connectivity index is 1.92. The number of rotatable bonds is 5. The smallest absolute Gasteiger partial charge is 0.262 e. The van der Waals surface area contributed by atoms with Crippen LogP contribution >= 0.6 is 0 Å². The van der Waals surface area contributed by atoms with E-state index in [-0.39, 0.29) is 4.90 Å². The van der Waals surface area contributed by atoms with Crippen LogP contribution in [-0.2, 0) is 10.0 Å². The Morgan fingerprint density at radius 3 is 2.42 bits per heavy atom. The summed E-state index contributed by atoms with van der Waals surface area (Å²) in [6.07, 6.45) is 3.79. The molecule has 0 atom stereocenters. The zero-order chi connectivity index (χ0) is 17.2. The SMILES string of the molecule is CN(C)c1nc(N2CCCC2)ncc1NS(=O)(=O)c1ccccc1. The van der Waals surface area contributed by atoms with Crippen LogP contribution < -0.4 is 14.5 Å². The molecule has 0 saturated carbocycles. The number of sulfonamides is 1. The van der Waals surface area contributed by atoms with E-state index in [1.54, 1.807) is 35.2 Å². The molecule has 0 radical (unpaired) electrons. The van der Waals surface area contributed by atoms with Gasteiger partial charge in [-0.3, -0.25) is 4.72 Å². The maximum absolute atomic E-state index is 12.5. The molecule has 1 aliphatic rings. The van der Waals surface area contributed by atoms with E-state index < -0.39 is 10.0 Å². The Bertz CT molecular complexity index is 802. The van der Waals surface area contributed by atoms with Crippen LogP contribution in [-0.4, -0.2) is 45.6 Å². The second kappa shape index (κ2) is 6.64. The van der Waals surface area contributed by atoms with Gasteiger partial charge in [0.2, 0.25) is 5.95 Å². The molecular formula is C16H21N5O2S. The van der Waals surface area contributed by atoms with E-state index >= 15 is 0 Å². The van der Waals surface area contributed by atoms with Crippen LogP contribution in [0.4, 0.5) is 17.5 Å². The van der Waals surface area contributed by atoms with Crippen molar-refractivity contribution in [3.05, 3.63) is 36.5 Å². The van der Waals surface area contributed by atoms with Gasteiger partial charge >= 0.3 is 0 Å². The highest BCUT2D eigenvalue weighted by Crippen LogP contribution is 2.27. The average Bonchev–Trinajstić information content (AvgIpc) is 3.10. The third-order valence-electron chi connectivity index (χ3n) is 3.87. The Kier molecular flexibility index (Phi) is 4.57. The number of benzene rings is 1. The number of nitrogens with one attached hydrogen (secondary N) is 1. The molecule has 2 heterocycles. The number of aromatic nitrogens is 2. The summed E-state index contributed by atoms with van der Waals surface area (Å²) in [5.74, 6) is 1.19. The van der Waals surface area contributed by atoms with Gasteiger partial charge in [0.1, 0.15) is 5.69 Å². The van der Waals surface area contributed by atoms with Gasteiger partial charge in [-0.25, -0.2) is 13.4 Å². The zero-order valence-corrected chi connectivity index (χ0v) is 14.6. The minimum atomic E-state index is -3.67. The normalized spacial score (nSPS) is 14.7. The molecule has 1 aromatic heterocycles. The van der Waals surface area contributed by atoms with E-state index in [1.165, 1.54) is 6.20 Å². The summed E-state index contributed by atoms with van der Waals surface area (Å²) in [6, 6.07) is 8.26. The van der Waals surface area contributed by atoms with Gasteiger partial charge in [-0.1, -0.05) is 18.2 Å². The molecule has 7 nitrogen and oxygen atoms in total. The van der Waals surface area contributed by atoms with Crippen molar-refractivity contribution in [1.29, 1.82) is 0 Å². The van der Waals surface area contributed by atoms with E-state index in [0.717, 1.165) is 25.9 Å². The van der Waals surface area contributed by atoms with E-state index in [9.17, 15) is 8.42 Å². The summed E-state index contributed by atoms with van der Waals surface area (Å²) < 4.78 is 27.6. The van der Waals surface area contributed by atoms with E-state index in [2.05, 4.69) is 19.6 Å². The Morgan fingerprint density at radius 2 is 1.79 bits per heavy atom. The lowest BCUT2D eigenvalue weighted by molar-refractivity contribution is 0.601. The number of hydrogen-bond donors (Lipinski definition) is 1. The maximum Gasteiger partial charge on any atom is 0.262 e. The van der Waals surface area contributed by atoms with Crippen LogP contribution in [0.1, 0.15) is 12.8 Å². The van der Waals surface area contributed by atoms with Crippen molar-refractivity contribution in [3.63, 3.8) is 0 Å². The summed E-state index contributed by atoms with van der Waals surface area (Å²) >= 11 is 0. The second-order valence-electron chi connectivity index (χ2n) is 5.91. The lowest BCUT2D eigenvalue weighted by Crippen LogP contribution is -2.24. The number of anilines is 3. The van der Waals surface area contributed by atoms with Crippen LogP contribution in [0.25, 0.3) is 0 Å². The highest BCUT2D eigenvalue weighted by atomic mass is 32.2. The first-order valence-electron chi connectivity index (χ1n) is 7.84. The Morgan fingerprint density at radius 1 is 1.12 bits per heavy atom. The summed E-state index contributed by atoms with van der Waals surface area (Å²) in [6.45, 7) is 1.86. The first-order chi connectivity index (χ1) is 11.5. The molecule has 128 valence electrons. The predicted octanol–water partition coefficient (Wildman–Crippen LogP) is 1.94. The molecule has 1 aromatic carbocycles. The third kappa shape index (κ3) is 3.43.